The number of ether oxygens (including phenoxy) is 3. The molecule has 1 heterocycles. The number of barbiturate groups is 1. The summed E-state index contributed by atoms with van der Waals surface area (Å²) in [6, 6.07) is 21.1. The number of rotatable bonds is 7. The molecular formula is C31H25ClN2O6. The zero-order valence-electron chi connectivity index (χ0n) is 22.0. The Hall–Kier alpha value is -4.82. The molecule has 1 saturated heterocycles. The Morgan fingerprint density at radius 3 is 2.40 bits per heavy atom. The first kappa shape index (κ1) is 26.8. The van der Waals surface area contributed by atoms with Gasteiger partial charge in [-0.15, -0.1) is 0 Å². The standard InChI is InChI=1S/C31H25ClN2O6/c1-18-7-6-8-19(13-18)17-40-26-12-11-20-9-4-5-10-21(20)22(26)14-23-29(35)33-31(37)34(30(23)36)25-16-27(38-2)24(32)15-28(25)39-3/h4-16H,17H2,1-3H3,(H,33,35,37)/b23-14+. The summed E-state index contributed by atoms with van der Waals surface area (Å²) in [5.41, 5.74) is 2.41. The van der Waals surface area contributed by atoms with E-state index in [0.717, 1.165) is 26.8 Å². The number of carbonyl (C=O) groups is 3. The second kappa shape index (κ2) is 11.1. The quantitative estimate of drug-likeness (QED) is 0.219. The van der Waals surface area contributed by atoms with Gasteiger partial charge in [0.05, 0.1) is 24.9 Å². The van der Waals surface area contributed by atoms with E-state index in [1.54, 1.807) is 6.07 Å². The number of imide groups is 2. The summed E-state index contributed by atoms with van der Waals surface area (Å²) in [5, 5.41) is 4.14. The molecule has 0 aliphatic carbocycles. The fourth-order valence-corrected chi connectivity index (χ4v) is 4.78. The topological polar surface area (TPSA) is 94.2 Å². The summed E-state index contributed by atoms with van der Waals surface area (Å²) in [6.07, 6.45) is 1.45. The molecule has 0 bridgehead atoms. The maximum absolute atomic E-state index is 13.8. The molecule has 4 amide bonds. The minimum atomic E-state index is -0.927. The van der Waals surface area contributed by atoms with Crippen LogP contribution < -0.4 is 24.4 Å². The second-order valence-corrected chi connectivity index (χ2v) is 9.50. The van der Waals surface area contributed by atoms with Crippen LogP contribution in [0.25, 0.3) is 16.8 Å². The first-order valence-electron chi connectivity index (χ1n) is 12.3. The molecule has 202 valence electrons. The van der Waals surface area contributed by atoms with Gasteiger partial charge in [0.25, 0.3) is 11.8 Å². The van der Waals surface area contributed by atoms with Gasteiger partial charge in [0.15, 0.2) is 0 Å². The van der Waals surface area contributed by atoms with Gasteiger partial charge in [-0.05, 0) is 35.4 Å². The molecule has 4 aromatic carbocycles. The van der Waals surface area contributed by atoms with Crippen LogP contribution in [-0.2, 0) is 16.2 Å². The highest BCUT2D eigenvalue weighted by atomic mass is 35.5. The summed E-state index contributed by atoms with van der Waals surface area (Å²) in [4.78, 5) is 40.5. The molecule has 1 aliphatic rings. The normalized spacial score (nSPS) is 14.4. The summed E-state index contributed by atoms with van der Waals surface area (Å²) >= 11 is 6.22. The summed E-state index contributed by atoms with van der Waals surface area (Å²) in [5.74, 6) is -0.822. The largest absolute Gasteiger partial charge is 0.495 e. The molecule has 4 aromatic rings. The first-order valence-corrected chi connectivity index (χ1v) is 12.7. The molecule has 5 rings (SSSR count). The van der Waals surface area contributed by atoms with Crippen LogP contribution in [0.2, 0.25) is 5.02 Å². The number of aryl methyl sites for hydroxylation is 1. The number of nitrogens with zero attached hydrogens (tertiary/aromatic N) is 1. The maximum Gasteiger partial charge on any atom is 0.336 e. The number of benzene rings is 4. The van der Waals surface area contributed by atoms with E-state index in [1.165, 1.54) is 32.4 Å². The number of carbonyl (C=O) groups excluding carboxylic acids is 3. The van der Waals surface area contributed by atoms with Crippen molar-refractivity contribution in [2.24, 2.45) is 0 Å². The highest BCUT2D eigenvalue weighted by Crippen LogP contribution is 2.40. The van der Waals surface area contributed by atoms with Crippen LogP contribution in [0.15, 0.2) is 78.4 Å². The van der Waals surface area contributed by atoms with Crippen LogP contribution in [0, 0.1) is 6.92 Å². The molecule has 0 spiro atoms. The van der Waals surface area contributed by atoms with Gasteiger partial charge >= 0.3 is 6.03 Å². The average Bonchev–Trinajstić information content (AvgIpc) is 2.94. The fourth-order valence-electron chi connectivity index (χ4n) is 4.55. The molecule has 0 radical (unpaired) electrons. The molecular weight excluding hydrogens is 532 g/mol. The predicted octanol–water partition coefficient (Wildman–Crippen LogP) is 6.06. The molecule has 0 aromatic heterocycles. The van der Waals surface area contributed by atoms with Gasteiger partial charge in [-0.1, -0.05) is 71.8 Å². The first-order chi connectivity index (χ1) is 19.3. The number of amides is 4. The Morgan fingerprint density at radius 1 is 0.875 bits per heavy atom. The van der Waals surface area contributed by atoms with Gasteiger partial charge < -0.3 is 14.2 Å². The molecule has 1 fully saturated rings. The third-order valence-electron chi connectivity index (χ3n) is 6.49. The van der Waals surface area contributed by atoms with Gasteiger partial charge in [-0.3, -0.25) is 14.9 Å². The van der Waals surface area contributed by atoms with Crippen LogP contribution in [0.3, 0.4) is 0 Å². The van der Waals surface area contributed by atoms with E-state index in [2.05, 4.69) is 5.32 Å². The Labute approximate surface area is 235 Å². The Bertz CT molecular complexity index is 1700. The average molecular weight is 557 g/mol. The van der Waals surface area contributed by atoms with Crippen molar-refractivity contribution in [1.82, 2.24) is 5.32 Å². The van der Waals surface area contributed by atoms with Crippen LogP contribution in [0.1, 0.15) is 16.7 Å². The van der Waals surface area contributed by atoms with E-state index in [0.29, 0.717) is 11.3 Å². The number of hydrogen-bond acceptors (Lipinski definition) is 6. The van der Waals surface area contributed by atoms with E-state index in [-0.39, 0.29) is 34.4 Å². The number of urea groups is 1. The van der Waals surface area contributed by atoms with Crippen molar-refractivity contribution in [2.75, 3.05) is 19.1 Å². The number of methoxy groups -OCH3 is 2. The van der Waals surface area contributed by atoms with Gasteiger partial charge in [-0.25, -0.2) is 9.69 Å². The van der Waals surface area contributed by atoms with Crippen molar-refractivity contribution in [1.29, 1.82) is 0 Å². The molecule has 40 heavy (non-hydrogen) atoms. The fraction of sp³-hybridized carbons (Fsp3) is 0.129. The highest BCUT2D eigenvalue weighted by molar-refractivity contribution is 6.40. The van der Waals surface area contributed by atoms with E-state index in [1.807, 2.05) is 61.5 Å². The third-order valence-corrected chi connectivity index (χ3v) is 6.79. The van der Waals surface area contributed by atoms with Gasteiger partial charge in [0.1, 0.15) is 29.4 Å². The molecule has 0 unspecified atom stereocenters. The molecule has 8 nitrogen and oxygen atoms in total. The Morgan fingerprint density at radius 2 is 1.65 bits per heavy atom. The zero-order chi connectivity index (χ0) is 28.4. The van der Waals surface area contributed by atoms with Crippen LogP contribution >= 0.6 is 11.6 Å². The maximum atomic E-state index is 13.8. The third kappa shape index (κ3) is 5.09. The van der Waals surface area contributed by atoms with E-state index >= 15 is 0 Å². The van der Waals surface area contributed by atoms with Crippen molar-refractivity contribution >= 4 is 52.0 Å². The van der Waals surface area contributed by atoms with Crippen LogP contribution in [0.5, 0.6) is 17.2 Å². The number of fused-ring (bicyclic) bond motifs is 1. The lowest BCUT2D eigenvalue weighted by atomic mass is 9.99. The molecule has 1 N–H and O–H groups in total. The highest BCUT2D eigenvalue weighted by Gasteiger charge is 2.39. The Balaban J connectivity index is 1.61. The van der Waals surface area contributed by atoms with Crippen molar-refractivity contribution in [2.45, 2.75) is 13.5 Å². The number of anilines is 1. The minimum Gasteiger partial charge on any atom is -0.495 e. The van der Waals surface area contributed by atoms with Gasteiger partial charge in [-0.2, -0.15) is 0 Å². The van der Waals surface area contributed by atoms with E-state index in [9.17, 15) is 14.4 Å². The molecule has 0 saturated carbocycles. The van der Waals surface area contributed by atoms with Crippen LogP contribution in [0.4, 0.5) is 10.5 Å². The second-order valence-electron chi connectivity index (χ2n) is 9.09. The SMILES string of the molecule is COc1cc(N2C(=O)NC(=O)/C(=C\c3c(OCc4cccc(C)c4)ccc4ccccc34)C2=O)c(OC)cc1Cl. The smallest absolute Gasteiger partial charge is 0.336 e. The molecule has 0 atom stereocenters. The lowest BCUT2D eigenvalue weighted by Gasteiger charge is -2.28. The van der Waals surface area contributed by atoms with E-state index < -0.39 is 17.8 Å². The molecule has 1 aliphatic heterocycles. The lowest BCUT2D eigenvalue weighted by Crippen LogP contribution is -2.54. The monoisotopic (exact) mass is 556 g/mol. The van der Waals surface area contributed by atoms with Gasteiger partial charge in [0, 0.05) is 17.7 Å². The van der Waals surface area contributed by atoms with Crippen LogP contribution in [-0.4, -0.2) is 32.1 Å². The summed E-state index contributed by atoms with van der Waals surface area (Å²) in [7, 11) is 2.78. The van der Waals surface area contributed by atoms with Crippen molar-refractivity contribution in [3.63, 3.8) is 0 Å². The Kier molecular flexibility index (Phi) is 7.44. The predicted molar refractivity (Wildman–Crippen MR) is 153 cm³/mol. The van der Waals surface area contributed by atoms with Gasteiger partial charge in [0.2, 0.25) is 0 Å². The molecule has 9 heteroatoms. The summed E-state index contributed by atoms with van der Waals surface area (Å²) < 4.78 is 16.8. The van der Waals surface area contributed by atoms with Crippen molar-refractivity contribution < 1.29 is 28.6 Å². The number of hydrogen-bond donors (Lipinski definition) is 1. The zero-order valence-corrected chi connectivity index (χ0v) is 22.7. The minimum absolute atomic E-state index is 0.0680. The number of halogens is 1. The van der Waals surface area contributed by atoms with Crippen molar-refractivity contribution in [3.8, 4) is 17.2 Å². The lowest BCUT2D eigenvalue weighted by molar-refractivity contribution is -0.122. The van der Waals surface area contributed by atoms with Crippen molar-refractivity contribution in [3.05, 3.63) is 100 Å². The summed E-state index contributed by atoms with van der Waals surface area (Å²) in [6.45, 7) is 2.28. The number of nitrogens with one attached hydrogen (secondary N) is 1. The van der Waals surface area contributed by atoms with E-state index in [4.69, 9.17) is 25.8 Å².